The molecule has 0 unspecified atom stereocenters. The fourth-order valence-corrected chi connectivity index (χ4v) is 3.51. The van der Waals surface area contributed by atoms with Gasteiger partial charge < -0.3 is 14.6 Å². The molecule has 2 aromatic heterocycles. The molecule has 0 spiro atoms. The highest BCUT2D eigenvalue weighted by Crippen LogP contribution is 2.20. The molecular weight excluding hydrogens is 348 g/mol. The molecule has 1 saturated heterocycles. The summed E-state index contributed by atoms with van der Waals surface area (Å²) in [5, 5.41) is 6.60. The molecule has 1 aromatic carbocycles. The van der Waals surface area contributed by atoms with Crippen LogP contribution in [0.15, 0.2) is 39.6 Å². The van der Waals surface area contributed by atoms with E-state index in [0.717, 1.165) is 31.6 Å². The number of para-hydroxylation sites is 2. The molecule has 1 N–H and O–H groups in total. The van der Waals surface area contributed by atoms with E-state index in [4.69, 9.17) is 9.26 Å². The topological polar surface area (TPSA) is 91.3 Å². The number of aryl methyl sites for hydroxylation is 1. The smallest absolute Gasteiger partial charge is 0.337 e. The molecule has 0 saturated carbocycles. The minimum absolute atomic E-state index is 0.197. The van der Waals surface area contributed by atoms with Gasteiger partial charge in [0, 0.05) is 25.8 Å². The third-order valence-corrected chi connectivity index (χ3v) is 4.92. The van der Waals surface area contributed by atoms with Gasteiger partial charge in [0.05, 0.1) is 17.6 Å². The molecule has 1 aliphatic rings. The van der Waals surface area contributed by atoms with Gasteiger partial charge in [-0.05, 0) is 37.8 Å². The number of amides is 1. The van der Waals surface area contributed by atoms with Crippen LogP contribution in [0.25, 0.3) is 11.0 Å². The third kappa shape index (κ3) is 3.52. The van der Waals surface area contributed by atoms with E-state index in [1.807, 2.05) is 18.2 Å². The Bertz CT molecular complexity index is 1010. The van der Waals surface area contributed by atoms with E-state index in [1.165, 1.54) is 4.57 Å². The van der Waals surface area contributed by atoms with Gasteiger partial charge in [0.2, 0.25) is 0 Å². The molecule has 1 fully saturated rings. The maximum Gasteiger partial charge on any atom is 0.337 e. The Morgan fingerprint density at radius 1 is 1.26 bits per heavy atom. The van der Waals surface area contributed by atoms with Gasteiger partial charge in [-0.25, -0.2) is 14.2 Å². The summed E-state index contributed by atoms with van der Waals surface area (Å²) < 4.78 is 13.3. The molecule has 0 radical (unpaired) electrons. The number of benzene rings is 1. The van der Waals surface area contributed by atoms with E-state index in [2.05, 4.69) is 10.5 Å². The van der Waals surface area contributed by atoms with Crippen molar-refractivity contribution in [3.63, 3.8) is 0 Å². The van der Waals surface area contributed by atoms with Crippen LogP contribution in [-0.4, -0.2) is 33.5 Å². The van der Waals surface area contributed by atoms with Crippen LogP contribution < -0.4 is 11.0 Å². The zero-order valence-corrected chi connectivity index (χ0v) is 15.2. The average Bonchev–Trinajstić information content (AvgIpc) is 3.22. The largest absolute Gasteiger partial charge is 0.381 e. The van der Waals surface area contributed by atoms with E-state index < -0.39 is 6.03 Å². The number of carbonyl (C=O) groups excluding carboxylic acids is 1. The quantitative estimate of drug-likeness (QED) is 0.761. The molecule has 27 heavy (non-hydrogen) atoms. The Balaban J connectivity index is 1.62. The first kappa shape index (κ1) is 17.5. The molecular formula is C19H22N4O4. The van der Waals surface area contributed by atoms with Gasteiger partial charge in [-0.1, -0.05) is 17.3 Å². The Morgan fingerprint density at radius 3 is 2.70 bits per heavy atom. The number of carbonyl (C=O) groups is 1. The van der Waals surface area contributed by atoms with Crippen molar-refractivity contribution in [3.05, 3.63) is 52.3 Å². The minimum atomic E-state index is -0.470. The normalized spacial score (nSPS) is 15.3. The average molecular weight is 370 g/mol. The van der Waals surface area contributed by atoms with Crippen LogP contribution in [0.3, 0.4) is 0 Å². The molecule has 8 heteroatoms. The Kier molecular flexibility index (Phi) is 4.81. The summed E-state index contributed by atoms with van der Waals surface area (Å²) >= 11 is 0. The summed E-state index contributed by atoms with van der Waals surface area (Å²) in [4.78, 5) is 25.7. The van der Waals surface area contributed by atoms with Gasteiger partial charge in [0.15, 0.2) is 0 Å². The lowest BCUT2D eigenvalue weighted by Gasteiger charge is -2.22. The zero-order valence-electron chi connectivity index (χ0n) is 15.2. The first-order valence-electron chi connectivity index (χ1n) is 9.12. The maximum atomic E-state index is 13.0. The highest BCUT2D eigenvalue weighted by molar-refractivity contribution is 5.89. The SMILES string of the molecule is Cc1cc(CNC(=O)n2c(=O)n(CC3CCOCC3)c3ccccc32)no1. The van der Waals surface area contributed by atoms with Crippen LogP contribution in [0.4, 0.5) is 4.79 Å². The van der Waals surface area contributed by atoms with Crippen molar-refractivity contribution >= 4 is 17.1 Å². The van der Waals surface area contributed by atoms with Crippen LogP contribution in [0, 0.1) is 12.8 Å². The maximum absolute atomic E-state index is 13.0. The Labute approximate surface area is 155 Å². The second-order valence-electron chi connectivity index (χ2n) is 6.86. The minimum Gasteiger partial charge on any atom is -0.381 e. The molecule has 0 aliphatic carbocycles. The van der Waals surface area contributed by atoms with E-state index in [9.17, 15) is 9.59 Å². The molecule has 142 valence electrons. The van der Waals surface area contributed by atoms with E-state index in [-0.39, 0.29) is 12.2 Å². The lowest BCUT2D eigenvalue weighted by atomic mass is 10.0. The number of nitrogens with one attached hydrogen (secondary N) is 1. The summed E-state index contributed by atoms with van der Waals surface area (Å²) in [6.07, 6.45) is 1.84. The zero-order chi connectivity index (χ0) is 18.8. The standard InChI is InChI=1S/C19H22N4O4/c1-13-10-15(21-27-13)11-20-18(24)23-17-5-3-2-4-16(17)22(19(23)25)12-14-6-8-26-9-7-14/h2-5,10,14H,6-9,11-12H2,1H3,(H,20,24). The predicted octanol–water partition coefficient (Wildman–Crippen LogP) is 2.28. The molecule has 1 aliphatic heterocycles. The molecule has 3 heterocycles. The summed E-state index contributed by atoms with van der Waals surface area (Å²) in [6, 6.07) is 8.64. The molecule has 0 atom stereocenters. The van der Waals surface area contributed by atoms with E-state index in [0.29, 0.717) is 29.4 Å². The van der Waals surface area contributed by atoms with Crippen molar-refractivity contribution in [1.82, 2.24) is 19.6 Å². The van der Waals surface area contributed by atoms with Gasteiger partial charge in [0.1, 0.15) is 11.5 Å². The lowest BCUT2D eigenvalue weighted by Crippen LogP contribution is -2.37. The van der Waals surface area contributed by atoms with Crippen LogP contribution in [0.5, 0.6) is 0 Å². The second kappa shape index (κ2) is 7.40. The summed E-state index contributed by atoms with van der Waals surface area (Å²) in [5.74, 6) is 1.04. The number of aromatic nitrogens is 3. The summed E-state index contributed by atoms with van der Waals surface area (Å²) in [7, 11) is 0. The number of fused-ring (bicyclic) bond motifs is 1. The number of rotatable bonds is 4. The molecule has 1 amide bonds. The van der Waals surface area contributed by atoms with Gasteiger partial charge in [0.25, 0.3) is 0 Å². The lowest BCUT2D eigenvalue weighted by molar-refractivity contribution is 0.0613. The van der Waals surface area contributed by atoms with Gasteiger partial charge in [-0.2, -0.15) is 0 Å². The number of hydrogen-bond acceptors (Lipinski definition) is 5. The van der Waals surface area contributed by atoms with Crippen molar-refractivity contribution < 1.29 is 14.1 Å². The molecule has 4 rings (SSSR count). The number of imidazole rings is 1. The second-order valence-corrected chi connectivity index (χ2v) is 6.86. The summed E-state index contributed by atoms with van der Waals surface area (Å²) in [5.41, 5.74) is 1.65. The van der Waals surface area contributed by atoms with Crippen molar-refractivity contribution in [2.24, 2.45) is 5.92 Å². The monoisotopic (exact) mass is 370 g/mol. The van der Waals surface area contributed by atoms with Gasteiger partial charge in [-0.3, -0.25) is 4.57 Å². The molecule has 0 bridgehead atoms. The van der Waals surface area contributed by atoms with Crippen LogP contribution >= 0.6 is 0 Å². The van der Waals surface area contributed by atoms with Crippen LogP contribution in [0.2, 0.25) is 0 Å². The highest BCUT2D eigenvalue weighted by atomic mass is 16.5. The van der Waals surface area contributed by atoms with Crippen molar-refractivity contribution in [3.8, 4) is 0 Å². The number of nitrogens with zero attached hydrogens (tertiary/aromatic N) is 3. The van der Waals surface area contributed by atoms with Crippen molar-refractivity contribution in [2.75, 3.05) is 13.2 Å². The Hall–Kier alpha value is -2.87. The molecule has 3 aromatic rings. The first-order chi connectivity index (χ1) is 13.1. The fraction of sp³-hybridized carbons (Fsp3) is 0.421. The number of hydrogen-bond donors (Lipinski definition) is 1. The van der Waals surface area contributed by atoms with Crippen LogP contribution in [-0.2, 0) is 17.8 Å². The van der Waals surface area contributed by atoms with E-state index >= 15 is 0 Å². The van der Waals surface area contributed by atoms with Crippen molar-refractivity contribution in [1.29, 1.82) is 0 Å². The Morgan fingerprint density at radius 2 is 2.00 bits per heavy atom. The highest BCUT2D eigenvalue weighted by Gasteiger charge is 2.22. The molecule has 8 nitrogen and oxygen atoms in total. The van der Waals surface area contributed by atoms with Crippen LogP contribution in [0.1, 0.15) is 24.3 Å². The van der Waals surface area contributed by atoms with Gasteiger partial charge in [-0.15, -0.1) is 0 Å². The fourth-order valence-electron chi connectivity index (χ4n) is 3.51. The number of ether oxygens (including phenoxy) is 1. The van der Waals surface area contributed by atoms with Crippen molar-refractivity contribution in [2.45, 2.75) is 32.9 Å². The van der Waals surface area contributed by atoms with Gasteiger partial charge >= 0.3 is 11.7 Å². The van der Waals surface area contributed by atoms with E-state index in [1.54, 1.807) is 23.6 Å². The third-order valence-electron chi connectivity index (χ3n) is 4.92. The predicted molar refractivity (Wildman–Crippen MR) is 98.6 cm³/mol. The summed E-state index contributed by atoms with van der Waals surface area (Å²) in [6.45, 7) is 4.01. The first-order valence-corrected chi connectivity index (χ1v) is 9.12.